The summed E-state index contributed by atoms with van der Waals surface area (Å²) in [6.07, 6.45) is 3.89. The molecule has 1 aliphatic heterocycles. The van der Waals surface area contributed by atoms with Crippen LogP contribution in [0.25, 0.3) is 11.6 Å². The molecule has 12 nitrogen and oxygen atoms in total. The highest BCUT2D eigenvalue weighted by atomic mass is 16.6. The van der Waals surface area contributed by atoms with Crippen molar-refractivity contribution in [3.05, 3.63) is 59.7 Å². The molecule has 0 radical (unpaired) electrons. The normalized spacial score (nSPS) is 15.7. The first kappa shape index (κ1) is 25.7. The Morgan fingerprint density at radius 1 is 1.00 bits per heavy atom. The zero-order chi connectivity index (χ0) is 27.6. The lowest BCUT2D eigenvalue weighted by Gasteiger charge is -2.31. The van der Waals surface area contributed by atoms with Gasteiger partial charge in [-0.25, -0.2) is 0 Å². The summed E-state index contributed by atoms with van der Waals surface area (Å²) in [5.41, 5.74) is 0.442. The monoisotopic (exact) mass is 546 g/mol. The summed E-state index contributed by atoms with van der Waals surface area (Å²) >= 11 is 0. The Bertz CT molecular complexity index is 1520. The standard InChI is InChI=1S/C28H30N6O6/c1-17-7-10-22(39-17)26(28(36)29-19-5-3-4-6-19)34(20-9-12-21-24(15-20)38-14-13-37-21)25(35)16-33-31-27(30-32-33)23-11-8-18(2)40-23/h7-12,15,19,26H,3-6,13-14,16H2,1-2H3,(H,29,36). The number of anilines is 1. The lowest BCUT2D eigenvalue weighted by Crippen LogP contribution is -2.47. The van der Waals surface area contributed by atoms with Crippen molar-refractivity contribution < 1.29 is 27.9 Å². The number of hydrogen-bond donors (Lipinski definition) is 1. The zero-order valence-corrected chi connectivity index (χ0v) is 22.3. The number of rotatable bonds is 8. The van der Waals surface area contributed by atoms with Crippen molar-refractivity contribution in [3.63, 3.8) is 0 Å². The van der Waals surface area contributed by atoms with Gasteiger partial charge in [0.1, 0.15) is 37.0 Å². The van der Waals surface area contributed by atoms with Gasteiger partial charge < -0.3 is 23.6 Å². The number of nitrogens with one attached hydrogen (secondary N) is 1. The quantitative estimate of drug-likeness (QED) is 0.350. The average Bonchev–Trinajstić information content (AvgIpc) is 3.76. The number of aromatic nitrogens is 4. The number of hydrogen-bond acceptors (Lipinski definition) is 9. The van der Waals surface area contributed by atoms with Crippen molar-refractivity contribution >= 4 is 17.5 Å². The molecule has 0 spiro atoms. The Morgan fingerprint density at radius 3 is 2.48 bits per heavy atom. The third kappa shape index (κ3) is 5.29. The van der Waals surface area contributed by atoms with E-state index in [1.165, 1.54) is 9.70 Å². The van der Waals surface area contributed by atoms with Crippen LogP contribution in [0.2, 0.25) is 0 Å². The average molecular weight is 547 g/mol. The molecule has 2 amide bonds. The maximum atomic E-state index is 14.1. The number of nitrogens with zero attached hydrogens (tertiary/aromatic N) is 5. The van der Waals surface area contributed by atoms with Gasteiger partial charge in [0.05, 0.1) is 0 Å². The van der Waals surface area contributed by atoms with E-state index in [1.807, 2.05) is 6.92 Å². The first-order valence-corrected chi connectivity index (χ1v) is 13.4. The van der Waals surface area contributed by atoms with E-state index >= 15 is 0 Å². The van der Waals surface area contributed by atoms with Crippen molar-refractivity contribution in [2.24, 2.45) is 0 Å². The minimum absolute atomic E-state index is 0.0413. The van der Waals surface area contributed by atoms with Crippen LogP contribution in [0.4, 0.5) is 5.69 Å². The molecule has 12 heteroatoms. The number of amides is 2. The van der Waals surface area contributed by atoms with E-state index in [2.05, 4.69) is 20.7 Å². The van der Waals surface area contributed by atoms with Gasteiger partial charge in [-0.05, 0) is 68.3 Å². The van der Waals surface area contributed by atoms with Crippen molar-refractivity contribution in [1.29, 1.82) is 0 Å². The number of fused-ring (bicyclic) bond motifs is 1. The van der Waals surface area contributed by atoms with Crippen LogP contribution in [0.1, 0.15) is 49.0 Å². The van der Waals surface area contributed by atoms with Gasteiger partial charge in [-0.2, -0.15) is 4.80 Å². The Labute approximate surface area is 230 Å². The second kappa shape index (κ2) is 10.9. The minimum atomic E-state index is -1.08. The van der Waals surface area contributed by atoms with E-state index in [0.29, 0.717) is 53.4 Å². The highest BCUT2D eigenvalue weighted by Crippen LogP contribution is 2.38. The van der Waals surface area contributed by atoms with Crippen molar-refractivity contribution in [2.45, 2.75) is 58.2 Å². The second-order valence-electron chi connectivity index (χ2n) is 9.99. The molecule has 0 saturated heterocycles. The number of aryl methyl sites for hydroxylation is 2. The fourth-order valence-corrected chi connectivity index (χ4v) is 5.10. The molecule has 1 saturated carbocycles. The van der Waals surface area contributed by atoms with E-state index < -0.39 is 11.9 Å². The maximum absolute atomic E-state index is 14.1. The van der Waals surface area contributed by atoms with Crippen molar-refractivity contribution in [2.75, 3.05) is 18.1 Å². The molecule has 4 aromatic rings. The highest BCUT2D eigenvalue weighted by molar-refractivity contribution is 6.01. The fourth-order valence-electron chi connectivity index (χ4n) is 5.10. The Balaban J connectivity index is 1.37. The number of furan rings is 2. The van der Waals surface area contributed by atoms with Gasteiger partial charge in [0.25, 0.3) is 11.8 Å². The minimum Gasteiger partial charge on any atom is -0.486 e. The Kier molecular flexibility index (Phi) is 6.97. The first-order chi connectivity index (χ1) is 19.4. The van der Waals surface area contributed by atoms with E-state index in [9.17, 15) is 9.59 Å². The predicted octanol–water partition coefficient (Wildman–Crippen LogP) is 3.75. The molecule has 1 unspecified atom stereocenters. The molecular weight excluding hydrogens is 516 g/mol. The molecule has 1 aliphatic carbocycles. The van der Waals surface area contributed by atoms with E-state index in [0.717, 1.165) is 25.7 Å². The summed E-state index contributed by atoms with van der Waals surface area (Å²) in [7, 11) is 0. The van der Waals surface area contributed by atoms with Gasteiger partial charge in [0.15, 0.2) is 23.3 Å². The number of ether oxygens (including phenoxy) is 2. The first-order valence-electron chi connectivity index (χ1n) is 13.4. The van der Waals surface area contributed by atoms with Gasteiger partial charge in [-0.3, -0.25) is 14.5 Å². The fraction of sp³-hybridized carbons (Fsp3) is 0.393. The summed E-state index contributed by atoms with van der Waals surface area (Å²) in [6, 6.07) is 11.1. The predicted molar refractivity (Wildman–Crippen MR) is 142 cm³/mol. The van der Waals surface area contributed by atoms with E-state index in [1.54, 1.807) is 49.4 Å². The van der Waals surface area contributed by atoms with E-state index in [4.69, 9.17) is 18.3 Å². The molecule has 1 fully saturated rings. The SMILES string of the molecule is Cc1ccc(-c2nnn(CC(=O)N(c3ccc4c(c3)OCCO4)C(C(=O)NC3CCCC3)c3ccc(C)o3)n2)o1. The van der Waals surface area contributed by atoms with Crippen LogP contribution >= 0.6 is 0 Å². The summed E-state index contributed by atoms with van der Waals surface area (Å²) in [5.74, 6) is 2.65. The molecule has 3 aromatic heterocycles. The summed E-state index contributed by atoms with van der Waals surface area (Å²) in [6.45, 7) is 4.14. The third-order valence-corrected chi connectivity index (χ3v) is 7.00. The largest absolute Gasteiger partial charge is 0.486 e. The van der Waals surface area contributed by atoms with Gasteiger partial charge in [-0.1, -0.05) is 12.8 Å². The van der Waals surface area contributed by atoms with Gasteiger partial charge in [0.2, 0.25) is 5.82 Å². The lowest BCUT2D eigenvalue weighted by molar-refractivity contribution is -0.128. The van der Waals surface area contributed by atoms with Crippen LogP contribution < -0.4 is 19.7 Å². The number of carbonyl (C=O) groups excluding carboxylic acids is 2. The zero-order valence-electron chi connectivity index (χ0n) is 22.3. The third-order valence-electron chi connectivity index (χ3n) is 7.00. The molecule has 1 atom stereocenters. The highest BCUT2D eigenvalue weighted by Gasteiger charge is 2.37. The molecule has 4 heterocycles. The lowest BCUT2D eigenvalue weighted by atomic mass is 10.1. The van der Waals surface area contributed by atoms with Gasteiger partial charge in [0, 0.05) is 17.8 Å². The second-order valence-corrected chi connectivity index (χ2v) is 9.99. The molecule has 2 aliphatic rings. The van der Waals surface area contributed by atoms with Crippen LogP contribution in [0.3, 0.4) is 0 Å². The van der Waals surface area contributed by atoms with Gasteiger partial charge >= 0.3 is 0 Å². The number of tetrazole rings is 1. The van der Waals surface area contributed by atoms with Crippen LogP contribution in [0, 0.1) is 13.8 Å². The number of benzene rings is 1. The summed E-state index contributed by atoms with van der Waals surface area (Å²) in [4.78, 5) is 30.5. The summed E-state index contributed by atoms with van der Waals surface area (Å²) in [5, 5.41) is 15.6. The smallest absolute Gasteiger partial charge is 0.251 e. The van der Waals surface area contributed by atoms with Crippen molar-refractivity contribution in [3.8, 4) is 23.1 Å². The molecule has 40 heavy (non-hydrogen) atoms. The summed E-state index contributed by atoms with van der Waals surface area (Å²) < 4.78 is 23.0. The molecule has 208 valence electrons. The van der Waals surface area contributed by atoms with Crippen LogP contribution in [0.5, 0.6) is 11.5 Å². The topological polar surface area (TPSA) is 138 Å². The molecular formula is C28H30N6O6. The van der Waals surface area contributed by atoms with E-state index in [-0.39, 0.29) is 24.3 Å². The number of carbonyl (C=O) groups is 2. The van der Waals surface area contributed by atoms with Crippen molar-refractivity contribution in [1.82, 2.24) is 25.5 Å². The molecule has 0 bridgehead atoms. The van der Waals surface area contributed by atoms with Crippen LogP contribution in [0.15, 0.2) is 51.3 Å². The maximum Gasteiger partial charge on any atom is 0.251 e. The molecule has 1 aromatic carbocycles. The Morgan fingerprint density at radius 2 is 1.75 bits per heavy atom. The van der Waals surface area contributed by atoms with Crippen LogP contribution in [-0.4, -0.2) is 51.3 Å². The molecule has 1 N–H and O–H groups in total. The van der Waals surface area contributed by atoms with Crippen LogP contribution in [-0.2, 0) is 16.1 Å². The Hall–Kier alpha value is -4.61. The molecule has 6 rings (SSSR count). The van der Waals surface area contributed by atoms with Gasteiger partial charge in [-0.15, -0.1) is 10.2 Å².